The number of fused-ring (bicyclic) bond motifs is 1. The molecule has 34 heavy (non-hydrogen) atoms. The van der Waals surface area contributed by atoms with Crippen molar-refractivity contribution in [2.24, 2.45) is 0 Å². The molecule has 0 aliphatic heterocycles. The first-order chi connectivity index (χ1) is 16.2. The summed E-state index contributed by atoms with van der Waals surface area (Å²) in [6.07, 6.45) is 1.98. The Bertz CT molecular complexity index is 1330. The molecule has 1 heterocycles. The van der Waals surface area contributed by atoms with Gasteiger partial charge in [0.2, 0.25) is 15.9 Å². The van der Waals surface area contributed by atoms with Crippen molar-refractivity contribution in [3.05, 3.63) is 64.0 Å². The zero-order valence-corrected chi connectivity index (χ0v) is 20.7. The third-order valence-corrected chi connectivity index (χ3v) is 7.64. The van der Waals surface area contributed by atoms with E-state index in [4.69, 9.17) is 9.15 Å². The summed E-state index contributed by atoms with van der Waals surface area (Å²) in [5.41, 5.74) is 1.65. The number of rotatable bonds is 10. The monoisotopic (exact) mass is 486 g/mol. The van der Waals surface area contributed by atoms with Crippen LogP contribution < -0.4 is 15.7 Å². The van der Waals surface area contributed by atoms with E-state index in [1.54, 1.807) is 31.3 Å². The smallest absolute Gasteiger partial charge is 0.339 e. The lowest BCUT2D eigenvalue weighted by Crippen LogP contribution is -2.27. The molecular formula is C25H30N2O6S. The minimum absolute atomic E-state index is 0.0765. The van der Waals surface area contributed by atoms with Gasteiger partial charge in [-0.2, -0.15) is 0 Å². The summed E-state index contributed by atoms with van der Waals surface area (Å²) in [4.78, 5) is 25.1. The Hall–Kier alpha value is -3.17. The summed E-state index contributed by atoms with van der Waals surface area (Å²) in [6, 6.07) is 11.3. The summed E-state index contributed by atoms with van der Waals surface area (Å²) in [5, 5.41) is 3.54. The zero-order valence-electron chi connectivity index (χ0n) is 19.9. The highest BCUT2D eigenvalue weighted by molar-refractivity contribution is 7.89. The number of hydrogen-bond acceptors (Lipinski definition) is 6. The minimum Gasteiger partial charge on any atom is -0.497 e. The van der Waals surface area contributed by atoms with Crippen LogP contribution in [-0.4, -0.2) is 39.3 Å². The van der Waals surface area contributed by atoms with E-state index >= 15 is 0 Å². The van der Waals surface area contributed by atoms with Gasteiger partial charge in [0.25, 0.3) is 0 Å². The predicted octanol–water partition coefficient (Wildman–Crippen LogP) is 4.10. The Morgan fingerprint density at radius 2 is 1.85 bits per heavy atom. The molecule has 3 rings (SSSR count). The number of nitrogens with one attached hydrogen (secondary N) is 1. The molecule has 3 aromatic rings. The number of benzene rings is 2. The van der Waals surface area contributed by atoms with Gasteiger partial charge in [-0.05, 0) is 61.7 Å². The molecule has 1 aromatic heterocycles. The third kappa shape index (κ3) is 5.66. The average molecular weight is 487 g/mol. The maximum atomic E-state index is 12.6. The van der Waals surface area contributed by atoms with Crippen LogP contribution >= 0.6 is 0 Å². The molecule has 0 spiro atoms. The number of hydrogen-bond donors (Lipinski definition) is 1. The van der Waals surface area contributed by atoms with Crippen molar-refractivity contribution >= 4 is 32.6 Å². The molecule has 0 radical (unpaired) electrons. The van der Waals surface area contributed by atoms with Crippen molar-refractivity contribution in [2.75, 3.05) is 26.0 Å². The number of methoxy groups -OCH3 is 1. The van der Waals surface area contributed by atoms with Crippen molar-refractivity contribution in [2.45, 2.75) is 44.4 Å². The van der Waals surface area contributed by atoms with Gasteiger partial charge in [-0.15, -0.1) is 0 Å². The first-order valence-electron chi connectivity index (χ1n) is 11.1. The first-order valence-corrected chi connectivity index (χ1v) is 12.6. The van der Waals surface area contributed by atoms with Crippen LogP contribution in [0.5, 0.6) is 5.75 Å². The van der Waals surface area contributed by atoms with Crippen LogP contribution in [0.25, 0.3) is 11.0 Å². The fraction of sp³-hybridized carbons (Fsp3) is 0.360. The first kappa shape index (κ1) is 25.5. The van der Waals surface area contributed by atoms with E-state index in [1.807, 2.05) is 19.9 Å². The maximum absolute atomic E-state index is 12.6. The second-order valence-electron chi connectivity index (χ2n) is 8.11. The van der Waals surface area contributed by atoms with Crippen LogP contribution in [0.2, 0.25) is 0 Å². The molecule has 1 amide bonds. The summed E-state index contributed by atoms with van der Waals surface area (Å²) in [5.74, 6) is 0.304. The lowest BCUT2D eigenvalue weighted by molar-refractivity contribution is -0.116. The Morgan fingerprint density at radius 3 is 2.50 bits per heavy atom. The number of carbonyl (C=O) groups excluding carboxylic acids is 1. The summed E-state index contributed by atoms with van der Waals surface area (Å²) < 4.78 is 37.2. The van der Waals surface area contributed by atoms with Crippen molar-refractivity contribution in [1.82, 2.24) is 4.31 Å². The second kappa shape index (κ2) is 10.8. The number of nitrogens with zero attached hydrogens (tertiary/aromatic N) is 1. The van der Waals surface area contributed by atoms with E-state index in [0.29, 0.717) is 29.1 Å². The summed E-state index contributed by atoms with van der Waals surface area (Å²) in [6.45, 7) is 4.28. The average Bonchev–Trinajstić information content (AvgIpc) is 2.82. The normalized spacial score (nSPS) is 11.7. The maximum Gasteiger partial charge on any atom is 0.339 e. The number of carbonyl (C=O) groups is 1. The number of amides is 1. The van der Waals surface area contributed by atoms with Crippen molar-refractivity contribution < 1.29 is 22.4 Å². The van der Waals surface area contributed by atoms with Gasteiger partial charge in [-0.3, -0.25) is 4.79 Å². The number of sulfonamides is 1. The van der Waals surface area contributed by atoms with Gasteiger partial charge in [0.15, 0.2) is 0 Å². The van der Waals surface area contributed by atoms with Crippen LogP contribution in [0.15, 0.2) is 56.6 Å². The lowest BCUT2D eigenvalue weighted by Gasteiger charge is -2.17. The summed E-state index contributed by atoms with van der Waals surface area (Å²) in [7, 11) is -0.470. The second-order valence-corrected chi connectivity index (χ2v) is 10.2. The Morgan fingerprint density at radius 1 is 1.15 bits per heavy atom. The summed E-state index contributed by atoms with van der Waals surface area (Å²) >= 11 is 0. The predicted molar refractivity (Wildman–Crippen MR) is 132 cm³/mol. The fourth-order valence-electron chi connectivity index (χ4n) is 3.64. The van der Waals surface area contributed by atoms with Gasteiger partial charge in [0.05, 0.1) is 12.0 Å². The fourth-order valence-corrected chi connectivity index (χ4v) is 4.85. The molecule has 0 aliphatic carbocycles. The molecule has 0 saturated carbocycles. The molecular weight excluding hydrogens is 456 g/mol. The van der Waals surface area contributed by atoms with Crippen LogP contribution in [0.4, 0.5) is 5.69 Å². The van der Waals surface area contributed by atoms with Gasteiger partial charge in [0, 0.05) is 42.7 Å². The Labute approximate surface area is 199 Å². The van der Waals surface area contributed by atoms with E-state index in [-0.39, 0.29) is 23.6 Å². The molecule has 9 heteroatoms. The number of ether oxygens (including phenoxy) is 1. The highest BCUT2D eigenvalue weighted by Gasteiger charge is 2.20. The largest absolute Gasteiger partial charge is 0.497 e. The van der Waals surface area contributed by atoms with E-state index in [0.717, 1.165) is 23.8 Å². The highest BCUT2D eigenvalue weighted by atomic mass is 32.2. The SMILES string of the molecule is CCCCN(C)S(=O)(=O)c1ccc(NC(=O)CCc2c(C)c3ccc(OC)cc3oc2=O)cc1. The van der Waals surface area contributed by atoms with Crippen LogP contribution in [0, 0.1) is 6.92 Å². The molecule has 0 aliphatic rings. The quantitative estimate of drug-likeness (QED) is 0.433. The number of aryl methyl sites for hydroxylation is 1. The number of unbranched alkanes of at least 4 members (excludes halogenated alkanes) is 1. The standard InChI is InChI=1S/C25H30N2O6S/c1-5-6-15-27(3)34(30,31)20-10-7-18(8-11-20)26-24(28)14-13-22-17(2)21-12-9-19(32-4)16-23(21)33-25(22)29/h7-12,16H,5-6,13-15H2,1-4H3,(H,26,28). The molecule has 0 unspecified atom stereocenters. The van der Waals surface area contributed by atoms with Crippen LogP contribution in [0.1, 0.15) is 37.3 Å². The molecule has 2 aromatic carbocycles. The molecule has 1 N–H and O–H groups in total. The van der Waals surface area contributed by atoms with Crippen LogP contribution in [0.3, 0.4) is 0 Å². The van der Waals surface area contributed by atoms with E-state index in [9.17, 15) is 18.0 Å². The Balaban J connectivity index is 1.66. The molecule has 8 nitrogen and oxygen atoms in total. The van der Waals surface area contributed by atoms with Gasteiger partial charge in [-0.25, -0.2) is 17.5 Å². The van der Waals surface area contributed by atoms with Crippen molar-refractivity contribution in [3.63, 3.8) is 0 Å². The topological polar surface area (TPSA) is 106 Å². The molecule has 0 fully saturated rings. The van der Waals surface area contributed by atoms with Gasteiger partial charge < -0.3 is 14.5 Å². The molecule has 0 atom stereocenters. The molecule has 0 bridgehead atoms. The molecule has 0 saturated heterocycles. The number of anilines is 1. The van der Waals surface area contributed by atoms with Gasteiger partial charge in [-0.1, -0.05) is 13.3 Å². The highest BCUT2D eigenvalue weighted by Crippen LogP contribution is 2.24. The van der Waals surface area contributed by atoms with E-state index in [1.165, 1.54) is 23.5 Å². The zero-order chi connectivity index (χ0) is 24.9. The Kier molecular flexibility index (Phi) is 8.11. The molecule has 182 valence electrons. The van der Waals surface area contributed by atoms with Gasteiger partial charge >= 0.3 is 5.63 Å². The van der Waals surface area contributed by atoms with E-state index in [2.05, 4.69) is 5.32 Å². The van der Waals surface area contributed by atoms with Crippen molar-refractivity contribution in [3.8, 4) is 5.75 Å². The lowest BCUT2D eigenvalue weighted by atomic mass is 10.0. The van der Waals surface area contributed by atoms with Gasteiger partial charge in [0.1, 0.15) is 11.3 Å². The minimum atomic E-state index is -3.57. The van der Waals surface area contributed by atoms with Crippen molar-refractivity contribution in [1.29, 1.82) is 0 Å². The van der Waals surface area contributed by atoms with E-state index < -0.39 is 15.6 Å². The van der Waals surface area contributed by atoms with Crippen LogP contribution in [-0.2, 0) is 21.2 Å². The third-order valence-electron chi connectivity index (χ3n) is 5.77.